The fraction of sp³-hybridized carbons (Fsp3) is 0.733. The molecule has 55 heavy (non-hydrogen) atoms. The molecule has 0 saturated carbocycles. The number of carbonyl (C=O) groups excluding carboxylic acids is 2. The first-order valence-electron chi connectivity index (χ1n) is 21.4. The van der Waals surface area contributed by atoms with E-state index in [1.165, 1.54) is 19.3 Å². The van der Waals surface area contributed by atoms with Crippen LogP contribution in [0, 0.1) is 0 Å². The van der Waals surface area contributed by atoms with Crippen molar-refractivity contribution < 1.29 is 49.0 Å². The minimum absolute atomic E-state index is 0.207. The lowest BCUT2D eigenvalue weighted by molar-refractivity contribution is -0.305. The van der Waals surface area contributed by atoms with Gasteiger partial charge in [0.2, 0.25) is 0 Å². The predicted octanol–water partition coefficient (Wildman–Crippen LogP) is 8.66. The lowest BCUT2D eigenvalue weighted by atomic mass is 9.99. The zero-order valence-corrected chi connectivity index (χ0v) is 34.2. The highest BCUT2D eigenvalue weighted by molar-refractivity contribution is 5.70. The molecular weight excluding hydrogens is 700 g/mol. The molecule has 0 aromatic rings. The van der Waals surface area contributed by atoms with E-state index in [1.807, 2.05) is 0 Å². The minimum Gasteiger partial charge on any atom is -0.462 e. The number of hydrogen-bond donors (Lipinski definition) is 4. The number of esters is 2. The molecule has 0 aromatic carbocycles. The van der Waals surface area contributed by atoms with Crippen molar-refractivity contribution in [1.29, 1.82) is 0 Å². The van der Waals surface area contributed by atoms with Crippen LogP contribution in [0.4, 0.5) is 0 Å². The maximum absolute atomic E-state index is 12.7. The molecule has 0 amide bonds. The molecule has 1 saturated heterocycles. The van der Waals surface area contributed by atoms with Gasteiger partial charge in [-0.2, -0.15) is 0 Å². The second-order valence-electron chi connectivity index (χ2n) is 14.4. The molecule has 1 aliphatic heterocycles. The third-order valence-electron chi connectivity index (χ3n) is 9.39. The van der Waals surface area contributed by atoms with Crippen LogP contribution in [0.3, 0.4) is 0 Å². The zero-order valence-electron chi connectivity index (χ0n) is 34.2. The highest BCUT2D eigenvalue weighted by Gasteiger charge is 2.44. The molecule has 6 atom stereocenters. The van der Waals surface area contributed by atoms with Gasteiger partial charge in [-0.1, -0.05) is 126 Å². The quantitative estimate of drug-likeness (QED) is 0.0284. The van der Waals surface area contributed by atoms with Gasteiger partial charge in [-0.3, -0.25) is 9.59 Å². The summed E-state index contributed by atoms with van der Waals surface area (Å²) in [7, 11) is 0. The van der Waals surface area contributed by atoms with Crippen LogP contribution in [-0.2, 0) is 28.5 Å². The van der Waals surface area contributed by atoms with Crippen molar-refractivity contribution in [3.63, 3.8) is 0 Å². The normalized spacial score (nSPS) is 21.2. The Morgan fingerprint density at radius 2 is 1.07 bits per heavy atom. The van der Waals surface area contributed by atoms with Gasteiger partial charge >= 0.3 is 11.9 Å². The summed E-state index contributed by atoms with van der Waals surface area (Å²) in [6.45, 7) is 3.23. The van der Waals surface area contributed by atoms with E-state index in [9.17, 15) is 30.0 Å². The molecule has 4 N–H and O–H groups in total. The fourth-order valence-corrected chi connectivity index (χ4v) is 6.00. The fourth-order valence-electron chi connectivity index (χ4n) is 6.00. The smallest absolute Gasteiger partial charge is 0.306 e. The van der Waals surface area contributed by atoms with Gasteiger partial charge in [0, 0.05) is 12.8 Å². The highest BCUT2D eigenvalue weighted by Crippen LogP contribution is 2.22. The van der Waals surface area contributed by atoms with Crippen molar-refractivity contribution in [3.05, 3.63) is 60.8 Å². The summed E-state index contributed by atoms with van der Waals surface area (Å²) in [6, 6.07) is 0. The van der Waals surface area contributed by atoms with Crippen LogP contribution in [0.25, 0.3) is 0 Å². The standard InChI is InChI=1S/C45H76O10/c1-3-5-7-9-11-13-15-17-19-21-23-25-27-29-31-33-40(47)52-36-38(37-53-45-44(51)43(50)42(49)39(35-46)55-45)54-41(48)34-32-30-28-26-24-22-20-18-16-14-12-10-8-6-4-2/h5,7,11-14,17-20,38-39,42-46,49-51H,3-4,6,8-10,15-16,21-37H2,1-2H3/b7-5+,13-11+,14-12+,19-17+,20-18+/t38-,39-,42+,43?,44?,45-/m0/s1. The number of aliphatic hydroxyl groups excluding tert-OH is 4. The van der Waals surface area contributed by atoms with Crippen molar-refractivity contribution in [1.82, 2.24) is 0 Å². The van der Waals surface area contributed by atoms with Crippen LogP contribution in [0.1, 0.15) is 155 Å². The van der Waals surface area contributed by atoms with Gasteiger partial charge in [-0.25, -0.2) is 0 Å². The van der Waals surface area contributed by atoms with Crippen molar-refractivity contribution in [2.45, 2.75) is 192 Å². The third kappa shape index (κ3) is 27.6. The summed E-state index contributed by atoms with van der Waals surface area (Å²) in [4.78, 5) is 25.3. The molecule has 0 radical (unpaired) electrons. The zero-order chi connectivity index (χ0) is 40.2. The van der Waals surface area contributed by atoms with Gasteiger partial charge in [-0.05, 0) is 77.0 Å². The van der Waals surface area contributed by atoms with E-state index in [1.54, 1.807) is 0 Å². The van der Waals surface area contributed by atoms with Crippen LogP contribution in [-0.4, -0.2) is 89.0 Å². The summed E-state index contributed by atoms with van der Waals surface area (Å²) in [5.74, 6) is -0.848. The van der Waals surface area contributed by atoms with Crippen LogP contribution in [0.5, 0.6) is 0 Å². The monoisotopic (exact) mass is 777 g/mol. The number of unbranched alkanes of at least 4 members (excludes halogenated alkanes) is 13. The summed E-state index contributed by atoms with van der Waals surface area (Å²) >= 11 is 0. The van der Waals surface area contributed by atoms with Gasteiger partial charge in [0.05, 0.1) is 13.2 Å². The van der Waals surface area contributed by atoms with Crippen LogP contribution in [0.2, 0.25) is 0 Å². The molecular formula is C45H76O10. The van der Waals surface area contributed by atoms with E-state index in [0.717, 1.165) is 96.3 Å². The molecule has 1 rings (SSSR count). The molecule has 10 nitrogen and oxygen atoms in total. The molecule has 1 heterocycles. The Morgan fingerprint density at radius 1 is 0.582 bits per heavy atom. The average Bonchev–Trinajstić information content (AvgIpc) is 3.18. The molecule has 1 aliphatic rings. The molecule has 2 unspecified atom stereocenters. The summed E-state index contributed by atoms with van der Waals surface area (Å²) in [5.41, 5.74) is 0. The molecule has 10 heteroatoms. The summed E-state index contributed by atoms with van der Waals surface area (Å²) in [6.07, 6.45) is 35.1. The summed E-state index contributed by atoms with van der Waals surface area (Å²) in [5, 5.41) is 40.0. The lowest BCUT2D eigenvalue weighted by Crippen LogP contribution is -2.59. The Balaban J connectivity index is 2.38. The molecule has 316 valence electrons. The van der Waals surface area contributed by atoms with Crippen LogP contribution in [0.15, 0.2) is 60.8 Å². The van der Waals surface area contributed by atoms with Crippen molar-refractivity contribution in [3.8, 4) is 0 Å². The Morgan fingerprint density at radius 3 is 1.62 bits per heavy atom. The molecule has 0 aliphatic carbocycles. The van der Waals surface area contributed by atoms with E-state index in [2.05, 4.69) is 74.6 Å². The van der Waals surface area contributed by atoms with Crippen LogP contribution >= 0.6 is 0 Å². The molecule has 0 aromatic heterocycles. The van der Waals surface area contributed by atoms with E-state index in [4.69, 9.17) is 18.9 Å². The Kier molecular flexibility index (Phi) is 32.8. The lowest BCUT2D eigenvalue weighted by Gasteiger charge is -2.39. The predicted molar refractivity (Wildman–Crippen MR) is 219 cm³/mol. The van der Waals surface area contributed by atoms with Gasteiger partial charge in [0.1, 0.15) is 31.0 Å². The van der Waals surface area contributed by atoms with E-state index < -0.39 is 55.4 Å². The maximum Gasteiger partial charge on any atom is 0.306 e. The first-order chi connectivity index (χ1) is 26.8. The van der Waals surface area contributed by atoms with Gasteiger partial charge < -0.3 is 39.4 Å². The minimum atomic E-state index is -1.60. The number of rotatable bonds is 34. The maximum atomic E-state index is 12.7. The number of carbonyl (C=O) groups is 2. The van der Waals surface area contributed by atoms with E-state index >= 15 is 0 Å². The van der Waals surface area contributed by atoms with Crippen LogP contribution < -0.4 is 0 Å². The van der Waals surface area contributed by atoms with Crippen molar-refractivity contribution in [2.75, 3.05) is 19.8 Å². The van der Waals surface area contributed by atoms with Gasteiger partial charge in [-0.15, -0.1) is 0 Å². The molecule has 0 bridgehead atoms. The second-order valence-corrected chi connectivity index (χ2v) is 14.4. The Labute approximate surface area is 332 Å². The van der Waals surface area contributed by atoms with E-state index in [-0.39, 0.29) is 26.1 Å². The van der Waals surface area contributed by atoms with Gasteiger partial charge in [0.25, 0.3) is 0 Å². The van der Waals surface area contributed by atoms with Gasteiger partial charge in [0.15, 0.2) is 12.4 Å². The molecule has 0 spiro atoms. The van der Waals surface area contributed by atoms with Crippen molar-refractivity contribution in [2.24, 2.45) is 0 Å². The van der Waals surface area contributed by atoms with E-state index in [0.29, 0.717) is 12.8 Å². The molecule has 1 fully saturated rings. The Bertz CT molecular complexity index is 1080. The second kappa shape index (κ2) is 35.8. The number of ether oxygens (including phenoxy) is 4. The SMILES string of the molecule is CC/C=C/C/C=C/C/C=C/CCCCCCCC(=O)OC[C@@H](CO[C@H]1O[C@@H](CO)[C@@H](O)C(O)C1O)OC(=O)CCCCCCC/C=C/C/C=C/CCCCC. The number of aliphatic hydroxyl groups is 4. The number of allylic oxidation sites excluding steroid dienone is 10. The largest absolute Gasteiger partial charge is 0.462 e. The highest BCUT2D eigenvalue weighted by atomic mass is 16.7. The topological polar surface area (TPSA) is 152 Å². The third-order valence-corrected chi connectivity index (χ3v) is 9.39. The Hall–Kier alpha value is -2.60. The number of hydrogen-bond acceptors (Lipinski definition) is 10. The summed E-state index contributed by atoms with van der Waals surface area (Å²) < 4.78 is 22.1. The van der Waals surface area contributed by atoms with Crippen molar-refractivity contribution >= 4 is 11.9 Å². The first-order valence-corrected chi connectivity index (χ1v) is 21.4. The first kappa shape index (κ1) is 50.4. The average molecular weight is 777 g/mol.